The Hall–Kier alpha value is -3.28. The summed E-state index contributed by atoms with van der Waals surface area (Å²) in [5, 5.41) is 0.436. The fraction of sp³-hybridized carbons (Fsp3) is 0.407. The van der Waals surface area contributed by atoms with Crippen LogP contribution in [0.15, 0.2) is 62.9 Å². The lowest BCUT2D eigenvalue weighted by molar-refractivity contribution is -0.131. The van der Waals surface area contributed by atoms with E-state index < -0.39 is 11.6 Å². The highest BCUT2D eigenvalue weighted by Crippen LogP contribution is 2.37. The van der Waals surface area contributed by atoms with Gasteiger partial charge in [0.25, 0.3) is 0 Å². The monoisotopic (exact) mass is 454 g/mol. The van der Waals surface area contributed by atoms with Gasteiger partial charge in [0.05, 0.1) is 12.0 Å². The summed E-state index contributed by atoms with van der Waals surface area (Å²) in [6.45, 7) is 10.1. The normalized spacial score (nSPS) is 11.6. The second-order valence-electron chi connectivity index (χ2n) is 7.97. The van der Waals surface area contributed by atoms with Crippen molar-refractivity contribution in [1.29, 1.82) is 0 Å². The molecule has 0 N–H and O–H groups in total. The number of hydrogen-bond donors (Lipinski definition) is 0. The van der Waals surface area contributed by atoms with Gasteiger partial charge in [-0.1, -0.05) is 42.4 Å². The number of para-hydroxylation sites is 1. The largest absolute Gasteiger partial charge is 0.489 e. The molecule has 0 saturated heterocycles. The van der Waals surface area contributed by atoms with Crippen LogP contribution in [-0.2, 0) is 4.79 Å². The van der Waals surface area contributed by atoms with Crippen molar-refractivity contribution in [2.45, 2.75) is 60.3 Å². The van der Waals surface area contributed by atoms with E-state index in [4.69, 9.17) is 18.6 Å². The minimum absolute atomic E-state index is 0.0423. The smallest absolute Gasteiger partial charge is 0.383 e. The van der Waals surface area contributed by atoms with E-state index in [9.17, 15) is 9.59 Å². The number of esters is 1. The van der Waals surface area contributed by atoms with Crippen molar-refractivity contribution in [2.75, 3.05) is 13.2 Å². The second kappa shape index (κ2) is 13.3. The molecule has 1 aromatic heterocycles. The van der Waals surface area contributed by atoms with Gasteiger partial charge in [-0.05, 0) is 64.7 Å². The van der Waals surface area contributed by atoms with Crippen LogP contribution in [0.4, 0.5) is 0 Å². The van der Waals surface area contributed by atoms with E-state index >= 15 is 0 Å². The van der Waals surface area contributed by atoms with E-state index in [2.05, 4.69) is 32.9 Å². The van der Waals surface area contributed by atoms with Crippen molar-refractivity contribution in [3.8, 4) is 17.2 Å². The molecule has 0 saturated carbocycles. The maximum atomic E-state index is 12.7. The lowest BCUT2D eigenvalue weighted by Crippen LogP contribution is -2.13. The zero-order chi connectivity index (χ0) is 24.2. The van der Waals surface area contributed by atoms with E-state index in [0.717, 1.165) is 31.3 Å². The number of ether oxygens (including phenoxy) is 3. The third-order valence-corrected chi connectivity index (χ3v) is 4.75. The van der Waals surface area contributed by atoms with Crippen LogP contribution < -0.4 is 19.8 Å². The number of rotatable bonds is 12. The van der Waals surface area contributed by atoms with Crippen LogP contribution in [0.25, 0.3) is 11.0 Å². The van der Waals surface area contributed by atoms with E-state index in [0.29, 0.717) is 17.7 Å². The van der Waals surface area contributed by atoms with Gasteiger partial charge in [0, 0.05) is 6.92 Å². The molecule has 0 bridgehead atoms. The molecule has 6 heteroatoms. The first-order chi connectivity index (χ1) is 15.8. The topological polar surface area (TPSA) is 75.0 Å². The van der Waals surface area contributed by atoms with Gasteiger partial charge in [0.15, 0.2) is 17.1 Å². The SMILES string of the molecule is CC/C=C/CCOc1cccc2c(OC(C)=O)c(OC/C=C(\C)CCC=C(C)C)c(=O)oc12. The van der Waals surface area contributed by atoms with Crippen molar-refractivity contribution in [1.82, 2.24) is 0 Å². The van der Waals surface area contributed by atoms with Crippen molar-refractivity contribution in [3.05, 3.63) is 64.1 Å². The van der Waals surface area contributed by atoms with Crippen LogP contribution in [0.1, 0.15) is 60.3 Å². The van der Waals surface area contributed by atoms with Crippen LogP contribution in [-0.4, -0.2) is 19.2 Å². The number of carbonyl (C=O) groups excluding carboxylic acids is 1. The Morgan fingerprint density at radius 2 is 1.79 bits per heavy atom. The standard InChI is InChI=1S/C27H34O6/c1-6-7-8-9-17-30-23-15-11-14-22-24(23)33-27(29)26(25(22)32-21(5)28)31-18-16-20(4)13-10-12-19(2)3/h7-8,11-12,14-16H,6,9-10,13,17-18H2,1-5H3/b8-7+,20-16+. The third kappa shape index (κ3) is 8.29. The Morgan fingerprint density at radius 1 is 1.00 bits per heavy atom. The van der Waals surface area contributed by atoms with E-state index in [1.54, 1.807) is 18.2 Å². The average Bonchev–Trinajstić information content (AvgIpc) is 2.75. The van der Waals surface area contributed by atoms with Crippen molar-refractivity contribution in [2.24, 2.45) is 0 Å². The highest BCUT2D eigenvalue weighted by atomic mass is 16.6. The summed E-state index contributed by atoms with van der Waals surface area (Å²) in [6.07, 6.45) is 11.7. The average molecular weight is 455 g/mol. The summed E-state index contributed by atoms with van der Waals surface area (Å²) in [7, 11) is 0. The highest BCUT2D eigenvalue weighted by Gasteiger charge is 2.21. The van der Waals surface area contributed by atoms with Gasteiger partial charge in [0.1, 0.15) is 6.61 Å². The summed E-state index contributed by atoms with van der Waals surface area (Å²) in [5.41, 5.74) is 1.91. The Kier molecular flexibility index (Phi) is 10.5. The van der Waals surface area contributed by atoms with Gasteiger partial charge >= 0.3 is 11.6 Å². The first-order valence-electron chi connectivity index (χ1n) is 11.3. The molecule has 0 amide bonds. The predicted molar refractivity (Wildman–Crippen MR) is 131 cm³/mol. The summed E-state index contributed by atoms with van der Waals surface area (Å²) in [4.78, 5) is 24.5. The molecule has 178 valence electrons. The Bertz CT molecular complexity index is 1080. The van der Waals surface area contributed by atoms with E-state index in [1.807, 2.05) is 19.1 Å². The molecule has 2 rings (SSSR count). The molecule has 0 aliphatic carbocycles. The number of fused-ring (bicyclic) bond motifs is 1. The number of carbonyl (C=O) groups is 1. The molecule has 2 aromatic rings. The predicted octanol–water partition coefficient (Wildman–Crippen LogP) is 6.52. The molecule has 0 atom stereocenters. The minimum atomic E-state index is -0.726. The van der Waals surface area contributed by atoms with Crippen LogP contribution in [0.3, 0.4) is 0 Å². The van der Waals surface area contributed by atoms with Gasteiger partial charge in [0.2, 0.25) is 5.75 Å². The lowest BCUT2D eigenvalue weighted by Gasteiger charge is -2.13. The van der Waals surface area contributed by atoms with Crippen LogP contribution in [0.5, 0.6) is 17.2 Å². The molecule has 0 fully saturated rings. The lowest BCUT2D eigenvalue weighted by atomic mass is 10.1. The molecule has 0 radical (unpaired) electrons. The van der Waals surface area contributed by atoms with Gasteiger partial charge in [-0.3, -0.25) is 4.79 Å². The maximum absolute atomic E-state index is 12.7. The van der Waals surface area contributed by atoms with Crippen molar-refractivity contribution in [3.63, 3.8) is 0 Å². The summed E-state index contributed by atoms with van der Waals surface area (Å²) in [5.74, 6) is -0.240. The van der Waals surface area contributed by atoms with E-state index in [1.165, 1.54) is 12.5 Å². The molecule has 0 unspecified atom stereocenters. The van der Waals surface area contributed by atoms with Gasteiger partial charge in [-0.15, -0.1) is 0 Å². The van der Waals surface area contributed by atoms with Crippen LogP contribution in [0.2, 0.25) is 0 Å². The Labute approximate surface area is 195 Å². The second-order valence-corrected chi connectivity index (χ2v) is 7.97. The molecule has 1 heterocycles. The highest BCUT2D eigenvalue weighted by molar-refractivity contribution is 5.91. The Morgan fingerprint density at radius 3 is 2.48 bits per heavy atom. The molecular formula is C27H34O6. The Balaban J connectivity index is 2.30. The van der Waals surface area contributed by atoms with Crippen molar-refractivity contribution < 1.29 is 23.4 Å². The molecule has 1 aromatic carbocycles. The van der Waals surface area contributed by atoms with Crippen LogP contribution in [0, 0.1) is 0 Å². The van der Waals surface area contributed by atoms with Crippen molar-refractivity contribution >= 4 is 16.9 Å². The van der Waals surface area contributed by atoms with Crippen LogP contribution >= 0.6 is 0 Å². The first kappa shape index (κ1) is 26.0. The summed E-state index contributed by atoms with van der Waals surface area (Å²) >= 11 is 0. The fourth-order valence-electron chi connectivity index (χ4n) is 3.12. The zero-order valence-electron chi connectivity index (χ0n) is 20.2. The zero-order valence-corrected chi connectivity index (χ0v) is 20.2. The van der Waals surface area contributed by atoms with E-state index in [-0.39, 0.29) is 23.7 Å². The molecule has 0 spiro atoms. The fourth-order valence-corrected chi connectivity index (χ4v) is 3.12. The number of allylic oxidation sites excluding steroid dienone is 4. The number of hydrogen-bond acceptors (Lipinski definition) is 6. The molecular weight excluding hydrogens is 420 g/mol. The molecule has 6 nitrogen and oxygen atoms in total. The molecule has 0 aliphatic rings. The van der Waals surface area contributed by atoms with Gasteiger partial charge in [-0.25, -0.2) is 4.79 Å². The third-order valence-electron chi connectivity index (χ3n) is 4.75. The quantitative estimate of drug-likeness (QED) is 0.157. The summed E-state index contributed by atoms with van der Waals surface area (Å²) < 4.78 is 22.4. The van der Waals surface area contributed by atoms with Gasteiger partial charge < -0.3 is 18.6 Å². The minimum Gasteiger partial charge on any atom is -0.489 e. The molecule has 0 aliphatic heterocycles. The summed E-state index contributed by atoms with van der Waals surface area (Å²) in [6, 6.07) is 5.17. The first-order valence-corrected chi connectivity index (χ1v) is 11.3. The van der Waals surface area contributed by atoms with Gasteiger partial charge in [-0.2, -0.15) is 0 Å². The maximum Gasteiger partial charge on any atom is 0.383 e. The molecule has 33 heavy (non-hydrogen) atoms. The number of benzene rings is 1.